The van der Waals surface area contributed by atoms with Crippen LogP contribution in [0, 0.1) is 20.8 Å². The van der Waals surface area contributed by atoms with Crippen molar-refractivity contribution in [1.29, 1.82) is 0 Å². The van der Waals surface area contributed by atoms with Crippen LogP contribution in [0.3, 0.4) is 0 Å². The molecule has 0 N–H and O–H groups in total. The van der Waals surface area contributed by atoms with E-state index in [1.165, 1.54) is 22.1 Å². The number of hydrogen-bond acceptors (Lipinski definition) is 7. The zero-order valence-corrected chi connectivity index (χ0v) is 18.2. The molecule has 1 fully saturated rings. The summed E-state index contributed by atoms with van der Waals surface area (Å²) < 4.78 is 3.24. The normalized spacial score (nSPS) is 15.0. The first-order valence-electron chi connectivity index (χ1n) is 9.96. The number of carbonyl (C=O) groups excluding carboxylic acids is 1. The van der Waals surface area contributed by atoms with Crippen LogP contribution < -0.4 is 5.56 Å². The monoisotopic (exact) mass is 427 g/mol. The topological polar surface area (TPSA) is 89.2 Å². The molecule has 0 saturated carbocycles. The van der Waals surface area contributed by atoms with Crippen molar-refractivity contribution >= 4 is 17.2 Å². The number of nitrogens with zero attached hydrogens (tertiary/aromatic N) is 7. The summed E-state index contributed by atoms with van der Waals surface area (Å²) in [6.07, 6.45) is 0. The summed E-state index contributed by atoms with van der Waals surface area (Å²) in [5, 5.41) is 8.94. The van der Waals surface area contributed by atoms with E-state index in [1.54, 1.807) is 16.3 Å². The van der Waals surface area contributed by atoms with Gasteiger partial charge in [-0.3, -0.25) is 14.5 Å². The minimum Gasteiger partial charge on any atom is -0.335 e. The molecule has 0 aromatic carbocycles. The second kappa shape index (κ2) is 8.49. The van der Waals surface area contributed by atoms with E-state index in [1.807, 2.05) is 31.7 Å². The van der Waals surface area contributed by atoms with Gasteiger partial charge in [0.05, 0.1) is 23.4 Å². The SMILES string of the molecule is Cc1cc(C)n(-c2ccc(=O)n(CCN3CCN(C(=O)c4scnc4C)CC3)n2)n1. The average Bonchev–Trinajstić information content (AvgIpc) is 3.31. The van der Waals surface area contributed by atoms with Gasteiger partial charge in [0.25, 0.3) is 11.5 Å². The molecule has 0 atom stereocenters. The first-order chi connectivity index (χ1) is 14.4. The summed E-state index contributed by atoms with van der Waals surface area (Å²) in [4.78, 5) is 33.9. The standard InChI is InChI=1S/C20H25N7O2S/c1-14-12-15(2)27(22-14)17-4-5-18(28)26(23-17)11-8-24-6-9-25(10-7-24)20(29)19-16(3)21-13-30-19/h4-5,12-13H,6-11H2,1-3H3. The third kappa shape index (κ3) is 4.19. The molecule has 3 aromatic rings. The van der Waals surface area contributed by atoms with E-state index >= 15 is 0 Å². The van der Waals surface area contributed by atoms with Gasteiger partial charge in [-0.1, -0.05) is 0 Å². The highest BCUT2D eigenvalue weighted by molar-refractivity contribution is 7.11. The van der Waals surface area contributed by atoms with Crippen molar-refractivity contribution in [3.63, 3.8) is 0 Å². The van der Waals surface area contributed by atoms with E-state index in [0.717, 1.165) is 35.0 Å². The van der Waals surface area contributed by atoms with E-state index in [9.17, 15) is 9.59 Å². The number of carbonyl (C=O) groups is 1. The smallest absolute Gasteiger partial charge is 0.266 e. The highest BCUT2D eigenvalue weighted by Gasteiger charge is 2.24. The maximum Gasteiger partial charge on any atom is 0.266 e. The summed E-state index contributed by atoms with van der Waals surface area (Å²) in [7, 11) is 0. The van der Waals surface area contributed by atoms with Crippen LogP contribution in [-0.2, 0) is 6.54 Å². The molecule has 0 unspecified atom stereocenters. The Bertz CT molecular complexity index is 1110. The van der Waals surface area contributed by atoms with Gasteiger partial charge in [0.1, 0.15) is 4.88 Å². The number of aryl methyl sites for hydroxylation is 3. The average molecular weight is 428 g/mol. The van der Waals surface area contributed by atoms with E-state index in [0.29, 0.717) is 32.0 Å². The lowest BCUT2D eigenvalue weighted by molar-refractivity contribution is 0.0635. The van der Waals surface area contributed by atoms with Crippen LogP contribution in [0.15, 0.2) is 28.5 Å². The van der Waals surface area contributed by atoms with Gasteiger partial charge < -0.3 is 4.90 Å². The molecule has 4 heterocycles. The van der Waals surface area contributed by atoms with Crippen LogP contribution in [0.25, 0.3) is 5.82 Å². The lowest BCUT2D eigenvalue weighted by atomic mass is 10.2. The molecule has 1 saturated heterocycles. The lowest BCUT2D eigenvalue weighted by Crippen LogP contribution is -2.49. The molecule has 0 bridgehead atoms. The fourth-order valence-electron chi connectivity index (χ4n) is 3.63. The Labute approximate surface area is 178 Å². The Kier molecular flexibility index (Phi) is 5.78. The van der Waals surface area contributed by atoms with E-state index in [-0.39, 0.29) is 11.5 Å². The molecule has 0 radical (unpaired) electrons. The van der Waals surface area contributed by atoms with Gasteiger partial charge in [-0.15, -0.1) is 16.4 Å². The fraction of sp³-hybridized carbons (Fsp3) is 0.450. The summed E-state index contributed by atoms with van der Waals surface area (Å²) in [5.74, 6) is 0.695. The third-order valence-corrected chi connectivity index (χ3v) is 6.22. The minimum absolute atomic E-state index is 0.0603. The number of amides is 1. The van der Waals surface area contributed by atoms with Crippen molar-refractivity contribution in [2.24, 2.45) is 0 Å². The number of hydrogen-bond donors (Lipinski definition) is 0. The zero-order chi connectivity index (χ0) is 21.3. The van der Waals surface area contributed by atoms with Crippen molar-refractivity contribution in [1.82, 2.24) is 34.3 Å². The van der Waals surface area contributed by atoms with Crippen molar-refractivity contribution in [3.05, 3.63) is 56.0 Å². The molecule has 1 aliphatic rings. The Morgan fingerprint density at radius 1 is 1.07 bits per heavy atom. The molecular formula is C20H25N7O2S. The Balaban J connectivity index is 1.36. The summed E-state index contributed by atoms with van der Waals surface area (Å²) in [6.45, 7) is 9.85. The highest BCUT2D eigenvalue weighted by atomic mass is 32.1. The summed E-state index contributed by atoms with van der Waals surface area (Å²) in [6, 6.07) is 5.21. The van der Waals surface area contributed by atoms with Crippen LogP contribution in [0.4, 0.5) is 0 Å². The fourth-order valence-corrected chi connectivity index (χ4v) is 4.40. The van der Waals surface area contributed by atoms with E-state index < -0.39 is 0 Å². The van der Waals surface area contributed by atoms with Gasteiger partial charge in [0, 0.05) is 44.5 Å². The van der Waals surface area contributed by atoms with Gasteiger partial charge in [-0.2, -0.15) is 5.10 Å². The number of piperazine rings is 1. The largest absolute Gasteiger partial charge is 0.335 e. The van der Waals surface area contributed by atoms with Gasteiger partial charge in [0.2, 0.25) is 0 Å². The molecule has 9 nitrogen and oxygen atoms in total. The molecular weight excluding hydrogens is 402 g/mol. The predicted octanol–water partition coefficient (Wildman–Crippen LogP) is 1.27. The van der Waals surface area contributed by atoms with Crippen LogP contribution in [0.5, 0.6) is 0 Å². The van der Waals surface area contributed by atoms with Crippen LogP contribution in [0.1, 0.15) is 26.8 Å². The molecule has 3 aromatic heterocycles. The van der Waals surface area contributed by atoms with Gasteiger partial charge in [-0.25, -0.2) is 14.3 Å². The predicted molar refractivity (Wildman–Crippen MR) is 114 cm³/mol. The first kappa shape index (κ1) is 20.4. The third-order valence-electron chi connectivity index (χ3n) is 5.31. The molecule has 30 heavy (non-hydrogen) atoms. The maximum absolute atomic E-state index is 12.6. The second-order valence-corrected chi connectivity index (χ2v) is 8.35. The first-order valence-corrected chi connectivity index (χ1v) is 10.8. The summed E-state index contributed by atoms with van der Waals surface area (Å²) in [5.41, 5.74) is 4.26. The quantitative estimate of drug-likeness (QED) is 0.609. The molecule has 1 amide bonds. The second-order valence-electron chi connectivity index (χ2n) is 7.49. The van der Waals surface area contributed by atoms with Gasteiger partial charge in [0.15, 0.2) is 5.82 Å². The van der Waals surface area contributed by atoms with Gasteiger partial charge in [-0.05, 0) is 32.9 Å². The molecule has 10 heteroatoms. The van der Waals surface area contributed by atoms with Crippen molar-refractivity contribution in [3.8, 4) is 5.82 Å². The lowest BCUT2D eigenvalue weighted by Gasteiger charge is -2.34. The molecule has 0 aliphatic carbocycles. The molecule has 4 rings (SSSR count). The molecule has 1 aliphatic heterocycles. The van der Waals surface area contributed by atoms with Crippen molar-refractivity contribution < 1.29 is 4.79 Å². The van der Waals surface area contributed by atoms with E-state index in [4.69, 9.17) is 0 Å². The highest BCUT2D eigenvalue weighted by Crippen LogP contribution is 2.16. The van der Waals surface area contributed by atoms with Crippen LogP contribution in [-0.4, -0.2) is 73.0 Å². The Hall–Kier alpha value is -2.85. The Morgan fingerprint density at radius 2 is 1.83 bits per heavy atom. The van der Waals surface area contributed by atoms with Crippen LogP contribution in [0.2, 0.25) is 0 Å². The number of thiazole rings is 1. The summed E-state index contributed by atoms with van der Waals surface area (Å²) >= 11 is 1.39. The molecule has 0 spiro atoms. The van der Waals surface area contributed by atoms with Crippen molar-refractivity contribution in [2.75, 3.05) is 32.7 Å². The van der Waals surface area contributed by atoms with Gasteiger partial charge >= 0.3 is 0 Å². The number of rotatable bonds is 5. The zero-order valence-electron chi connectivity index (χ0n) is 17.4. The Morgan fingerprint density at radius 3 is 2.47 bits per heavy atom. The minimum atomic E-state index is -0.130. The maximum atomic E-state index is 12.6. The van der Waals surface area contributed by atoms with E-state index in [2.05, 4.69) is 20.1 Å². The molecule has 158 valence electrons. The van der Waals surface area contributed by atoms with Crippen LogP contribution >= 0.6 is 11.3 Å². The van der Waals surface area contributed by atoms with Crippen molar-refractivity contribution in [2.45, 2.75) is 27.3 Å². The number of aromatic nitrogens is 5.